The van der Waals surface area contributed by atoms with Crippen LogP contribution in [0.4, 0.5) is 26.3 Å². The van der Waals surface area contributed by atoms with Gasteiger partial charge in [-0.2, -0.15) is 26.3 Å². The number of amides is 2. The Morgan fingerprint density at radius 3 is 2.32 bits per heavy atom. The second-order valence-electron chi connectivity index (χ2n) is 9.69. The third-order valence-corrected chi connectivity index (χ3v) is 6.87. The second-order valence-corrected chi connectivity index (χ2v) is 9.69. The van der Waals surface area contributed by atoms with Gasteiger partial charge in [-0.3, -0.25) is 14.4 Å². The molecule has 0 unspecified atom stereocenters. The number of nitrogens with zero attached hydrogens (tertiary/aromatic N) is 2. The maximum atomic E-state index is 13.5. The standard InChI is InChI=1S/C28H27F6N3O4/c1-2-41-25(39)8-5-9-36-15-21(12-18-14-35-23-7-4-3-6-22(18)23)37(16-24(36)38)26(40)17-10-19(27(29,30)31)13-20(11-17)28(32,33)34/h3-4,6-7,10-11,13-14,21,35H,2,5,8-9,12,15-16H2,1H3/t21-/m1/s1. The summed E-state index contributed by atoms with van der Waals surface area (Å²) in [5.74, 6) is -2.10. The molecular weight excluding hydrogens is 556 g/mol. The average molecular weight is 584 g/mol. The number of carbonyl (C=O) groups excluding carboxylic acids is 3. The number of piperazine rings is 1. The van der Waals surface area contributed by atoms with Gasteiger partial charge in [0.15, 0.2) is 0 Å². The van der Waals surface area contributed by atoms with Gasteiger partial charge in [-0.05, 0) is 49.6 Å². The summed E-state index contributed by atoms with van der Waals surface area (Å²) < 4.78 is 85.7. The fourth-order valence-electron chi connectivity index (χ4n) is 4.90. The number of H-pyrrole nitrogens is 1. The molecule has 13 heteroatoms. The Balaban J connectivity index is 1.66. The molecule has 2 aromatic carbocycles. The zero-order valence-corrected chi connectivity index (χ0v) is 21.9. The lowest BCUT2D eigenvalue weighted by atomic mass is 9.98. The van der Waals surface area contributed by atoms with Gasteiger partial charge in [-0.1, -0.05) is 18.2 Å². The minimum atomic E-state index is -5.13. The number of para-hydroxylation sites is 1. The first-order valence-corrected chi connectivity index (χ1v) is 12.9. The predicted molar refractivity (Wildman–Crippen MR) is 136 cm³/mol. The van der Waals surface area contributed by atoms with Crippen molar-refractivity contribution in [3.8, 4) is 0 Å². The lowest BCUT2D eigenvalue weighted by Gasteiger charge is -2.41. The third kappa shape index (κ3) is 7.01. The summed E-state index contributed by atoms with van der Waals surface area (Å²) in [6.07, 6.45) is -8.05. The number of nitrogens with one attached hydrogen (secondary N) is 1. The Hall–Kier alpha value is -4.03. The Morgan fingerprint density at radius 2 is 1.68 bits per heavy atom. The van der Waals surface area contributed by atoms with Crippen LogP contribution < -0.4 is 0 Å². The van der Waals surface area contributed by atoms with Gasteiger partial charge in [0.25, 0.3) is 5.91 Å². The molecule has 220 valence electrons. The number of aromatic nitrogens is 1. The molecule has 0 aliphatic carbocycles. The van der Waals surface area contributed by atoms with E-state index in [-0.39, 0.29) is 45.0 Å². The van der Waals surface area contributed by atoms with Gasteiger partial charge in [0.05, 0.1) is 23.8 Å². The highest BCUT2D eigenvalue weighted by atomic mass is 19.4. The predicted octanol–water partition coefficient (Wildman–Crippen LogP) is 5.44. The molecule has 1 aliphatic heterocycles. The number of carbonyl (C=O) groups is 3. The molecule has 0 saturated carbocycles. The van der Waals surface area contributed by atoms with Crippen molar-refractivity contribution in [1.29, 1.82) is 0 Å². The van der Waals surface area contributed by atoms with Gasteiger partial charge >= 0.3 is 18.3 Å². The first-order valence-electron chi connectivity index (χ1n) is 12.9. The number of esters is 1. The lowest BCUT2D eigenvalue weighted by Crippen LogP contribution is -2.58. The summed E-state index contributed by atoms with van der Waals surface area (Å²) in [5.41, 5.74) is -2.50. The van der Waals surface area contributed by atoms with E-state index in [1.165, 1.54) is 4.90 Å². The van der Waals surface area contributed by atoms with Crippen LogP contribution in [0, 0.1) is 0 Å². The maximum absolute atomic E-state index is 13.5. The third-order valence-electron chi connectivity index (χ3n) is 6.87. The molecule has 1 aromatic heterocycles. The molecule has 0 spiro atoms. The zero-order valence-electron chi connectivity index (χ0n) is 21.9. The van der Waals surface area contributed by atoms with Gasteiger partial charge in [0.2, 0.25) is 5.91 Å². The van der Waals surface area contributed by atoms with Crippen molar-refractivity contribution < 1.29 is 45.5 Å². The van der Waals surface area contributed by atoms with E-state index in [4.69, 9.17) is 4.74 Å². The monoisotopic (exact) mass is 583 g/mol. The van der Waals surface area contributed by atoms with E-state index < -0.39 is 59.4 Å². The summed E-state index contributed by atoms with van der Waals surface area (Å²) in [6.45, 7) is 1.44. The first-order chi connectivity index (χ1) is 19.3. The smallest absolute Gasteiger partial charge is 0.416 e. The van der Waals surface area contributed by atoms with Gasteiger partial charge in [0, 0.05) is 42.2 Å². The van der Waals surface area contributed by atoms with E-state index in [0.717, 1.165) is 21.4 Å². The van der Waals surface area contributed by atoms with Crippen LogP contribution in [-0.2, 0) is 33.1 Å². The van der Waals surface area contributed by atoms with Crippen LogP contribution in [0.25, 0.3) is 10.9 Å². The Morgan fingerprint density at radius 1 is 1.02 bits per heavy atom. The molecule has 3 aromatic rings. The normalized spacial score (nSPS) is 16.4. The van der Waals surface area contributed by atoms with Crippen LogP contribution in [0.5, 0.6) is 0 Å². The fraction of sp³-hybridized carbons (Fsp3) is 0.393. The van der Waals surface area contributed by atoms with Crippen LogP contribution in [0.3, 0.4) is 0 Å². The highest BCUT2D eigenvalue weighted by molar-refractivity contribution is 5.98. The Bertz CT molecular complexity index is 1400. The number of aromatic amines is 1. The van der Waals surface area contributed by atoms with E-state index in [2.05, 4.69) is 4.98 Å². The van der Waals surface area contributed by atoms with E-state index in [0.29, 0.717) is 12.1 Å². The van der Waals surface area contributed by atoms with Crippen molar-refractivity contribution in [3.63, 3.8) is 0 Å². The maximum Gasteiger partial charge on any atom is 0.416 e. The van der Waals surface area contributed by atoms with Crippen molar-refractivity contribution >= 4 is 28.7 Å². The topological polar surface area (TPSA) is 82.7 Å². The summed E-state index contributed by atoms with van der Waals surface area (Å²) >= 11 is 0. The number of alkyl halides is 6. The van der Waals surface area contributed by atoms with E-state index in [1.807, 2.05) is 18.2 Å². The number of fused-ring (bicyclic) bond motifs is 1. The molecule has 7 nitrogen and oxygen atoms in total. The Labute approximate surface area is 231 Å². The van der Waals surface area contributed by atoms with Crippen molar-refractivity contribution in [3.05, 3.63) is 70.9 Å². The van der Waals surface area contributed by atoms with Gasteiger partial charge in [-0.25, -0.2) is 0 Å². The molecule has 41 heavy (non-hydrogen) atoms. The van der Waals surface area contributed by atoms with Crippen LogP contribution >= 0.6 is 0 Å². The summed E-state index contributed by atoms with van der Waals surface area (Å²) in [5, 5.41) is 0.823. The number of ether oxygens (including phenoxy) is 1. The van der Waals surface area contributed by atoms with Crippen molar-refractivity contribution in [2.45, 2.75) is 44.6 Å². The number of rotatable bonds is 8. The number of benzene rings is 2. The molecule has 1 aliphatic rings. The molecule has 4 rings (SSSR count). The number of halogens is 6. The first kappa shape index (κ1) is 29.9. The van der Waals surface area contributed by atoms with E-state index >= 15 is 0 Å². The molecule has 2 heterocycles. The highest BCUT2D eigenvalue weighted by Gasteiger charge is 2.40. The van der Waals surface area contributed by atoms with Gasteiger partial charge < -0.3 is 19.5 Å². The second kappa shape index (κ2) is 11.8. The van der Waals surface area contributed by atoms with Gasteiger partial charge in [-0.15, -0.1) is 0 Å². The molecule has 2 amide bonds. The largest absolute Gasteiger partial charge is 0.466 e. The summed E-state index contributed by atoms with van der Waals surface area (Å²) in [6, 6.07) is 7.20. The Kier molecular flexibility index (Phi) is 8.64. The fourth-order valence-corrected chi connectivity index (χ4v) is 4.90. The SMILES string of the molecule is CCOC(=O)CCCN1C[C@@H](Cc2c[nH]c3ccccc23)N(C(=O)c2cc(C(F)(F)F)cc(C(F)(F)F)c2)CC1=O. The van der Waals surface area contributed by atoms with E-state index in [9.17, 15) is 40.7 Å². The minimum absolute atomic E-state index is 0.0298. The molecule has 1 saturated heterocycles. The van der Waals surface area contributed by atoms with Crippen molar-refractivity contribution in [2.24, 2.45) is 0 Å². The zero-order chi connectivity index (χ0) is 29.9. The number of hydrogen-bond acceptors (Lipinski definition) is 4. The van der Waals surface area contributed by atoms with Crippen LogP contribution in [0.2, 0.25) is 0 Å². The van der Waals surface area contributed by atoms with Crippen LogP contribution in [0.15, 0.2) is 48.7 Å². The molecule has 0 bridgehead atoms. The summed E-state index contributed by atoms with van der Waals surface area (Å²) in [7, 11) is 0. The van der Waals surface area contributed by atoms with Crippen molar-refractivity contribution in [2.75, 3.05) is 26.2 Å². The molecule has 1 N–H and O–H groups in total. The molecule has 1 atom stereocenters. The summed E-state index contributed by atoms with van der Waals surface area (Å²) in [4.78, 5) is 43.8. The van der Waals surface area contributed by atoms with Gasteiger partial charge in [0.1, 0.15) is 6.54 Å². The quantitative estimate of drug-likeness (QED) is 0.283. The molecule has 1 fully saturated rings. The van der Waals surface area contributed by atoms with Crippen LogP contribution in [0.1, 0.15) is 46.8 Å². The van der Waals surface area contributed by atoms with Crippen molar-refractivity contribution in [1.82, 2.24) is 14.8 Å². The average Bonchev–Trinajstić information content (AvgIpc) is 3.31. The number of hydrogen-bond donors (Lipinski definition) is 1. The minimum Gasteiger partial charge on any atom is -0.466 e. The molecule has 0 radical (unpaired) electrons. The van der Waals surface area contributed by atoms with E-state index in [1.54, 1.807) is 19.2 Å². The molecular formula is C28H27F6N3O4. The highest BCUT2D eigenvalue weighted by Crippen LogP contribution is 2.37. The lowest BCUT2D eigenvalue weighted by molar-refractivity contribution is -0.144. The van der Waals surface area contributed by atoms with Crippen LogP contribution in [-0.4, -0.2) is 64.9 Å².